The van der Waals surface area contributed by atoms with Crippen molar-refractivity contribution in [2.45, 2.75) is 43.0 Å². The van der Waals surface area contributed by atoms with Crippen LogP contribution in [0.15, 0.2) is 114 Å². The molecule has 2 fully saturated rings. The minimum Gasteiger partial charge on any atom is -0.392 e. The Balaban J connectivity index is 1.16. The Morgan fingerprint density at radius 1 is 0.727 bits per heavy atom. The topological polar surface area (TPSA) is 91.3 Å². The zero-order valence-corrected chi connectivity index (χ0v) is 25.5. The van der Waals surface area contributed by atoms with Crippen LogP contribution in [0.25, 0.3) is 0 Å². The van der Waals surface area contributed by atoms with Crippen LogP contribution < -0.4 is 4.72 Å². The van der Waals surface area contributed by atoms with Crippen LogP contribution in [0.3, 0.4) is 0 Å². The van der Waals surface area contributed by atoms with Crippen molar-refractivity contribution in [1.82, 2.24) is 9.80 Å². The first-order valence-corrected chi connectivity index (χ1v) is 16.6. The van der Waals surface area contributed by atoms with E-state index in [1.807, 2.05) is 36.4 Å². The predicted octanol–water partition coefficient (Wildman–Crippen LogP) is 5.34. The highest BCUT2D eigenvalue weighted by atomic mass is 32.2. The summed E-state index contributed by atoms with van der Waals surface area (Å²) in [5.74, 6) is 0. The molecule has 0 saturated carbocycles. The lowest BCUT2D eigenvalue weighted by atomic mass is 9.99. The van der Waals surface area contributed by atoms with E-state index in [1.165, 1.54) is 5.56 Å². The SMILES string of the molecule is O=S(=O)(Nc1cccc(C2OC(CN3CCN(Cc4ccccc4)CC3)CC(c3ccc(CO)cc3)O2)c1)c1ccccc1. The number of rotatable bonds is 10. The maximum atomic E-state index is 13.0. The lowest BCUT2D eigenvalue weighted by Gasteiger charge is -2.41. The van der Waals surface area contributed by atoms with Crippen molar-refractivity contribution in [2.24, 2.45) is 0 Å². The molecule has 0 radical (unpaired) electrons. The van der Waals surface area contributed by atoms with Gasteiger partial charge in [-0.15, -0.1) is 0 Å². The van der Waals surface area contributed by atoms with Crippen molar-refractivity contribution in [1.29, 1.82) is 0 Å². The molecule has 6 rings (SSSR count). The van der Waals surface area contributed by atoms with Gasteiger partial charge in [0.2, 0.25) is 0 Å². The van der Waals surface area contributed by atoms with E-state index in [2.05, 4.69) is 44.9 Å². The molecule has 4 aromatic rings. The quantitative estimate of drug-likeness (QED) is 0.250. The normalized spacial score (nSPS) is 21.6. The molecule has 0 amide bonds. The zero-order chi connectivity index (χ0) is 30.4. The number of aliphatic hydroxyl groups is 1. The lowest BCUT2D eigenvalue weighted by Crippen LogP contribution is -2.49. The summed E-state index contributed by atoms with van der Waals surface area (Å²) in [7, 11) is -3.74. The molecule has 230 valence electrons. The van der Waals surface area contributed by atoms with Gasteiger partial charge in [0, 0.05) is 56.9 Å². The second-order valence-electron chi connectivity index (χ2n) is 11.5. The maximum Gasteiger partial charge on any atom is 0.261 e. The van der Waals surface area contributed by atoms with Gasteiger partial charge in [0.15, 0.2) is 6.29 Å². The van der Waals surface area contributed by atoms with Gasteiger partial charge in [-0.25, -0.2) is 8.42 Å². The van der Waals surface area contributed by atoms with Crippen molar-refractivity contribution in [2.75, 3.05) is 37.4 Å². The molecule has 9 heteroatoms. The molecule has 2 N–H and O–H groups in total. The van der Waals surface area contributed by atoms with Gasteiger partial charge in [0.05, 0.1) is 23.7 Å². The molecule has 0 bridgehead atoms. The molecule has 3 unspecified atom stereocenters. The number of nitrogens with one attached hydrogen (secondary N) is 1. The molecular formula is C35H39N3O5S. The van der Waals surface area contributed by atoms with Gasteiger partial charge in [-0.05, 0) is 41.0 Å². The summed E-state index contributed by atoms with van der Waals surface area (Å²) in [5.41, 5.74) is 4.39. The van der Waals surface area contributed by atoms with Crippen LogP contribution in [-0.2, 0) is 32.6 Å². The number of aliphatic hydroxyl groups excluding tert-OH is 1. The van der Waals surface area contributed by atoms with Gasteiger partial charge < -0.3 is 14.6 Å². The van der Waals surface area contributed by atoms with E-state index in [9.17, 15) is 13.5 Å². The number of hydrogen-bond acceptors (Lipinski definition) is 7. The number of ether oxygens (including phenoxy) is 2. The molecule has 2 heterocycles. The number of piperazine rings is 1. The molecule has 0 aliphatic carbocycles. The van der Waals surface area contributed by atoms with Gasteiger partial charge in [-0.2, -0.15) is 0 Å². The number of sulfonamides is 1. The van der Waals surface area contributed by atoms with Crippen LogP contribution in [0.2, 0.25) is 0 Å². The van der Waals surface area contributed by atoms with Gasteiger partial charge in [0.1, 0.15) is 0 Å². The highest BCUT2D eigenvalue weighted by Crippen LogP contribution is 2.39. The molecule has 8 nitrogen and oxygen atoms in total. The first kappa shape index (κ1) is 30.5. The highest BCUT2D eigenvalue weighted by molar-refractivity contribution is 7.92. The van der Waals surface area contributed by atoms with Gasteiger partial charge in [-0.1, -0.05) is 84.9 Å². The van der Waals surface area contributed by atoms with E-state index in [0.29, 0.717) is 12.1 Å². The van der Waals surface area contributed by atoms with Gasteiger partial charge in [-0.3, -0.25) is 14.5 Å². The van der Waals surface area contributed by atoms with Crippen LogP contribution in [0.1, 0.15) is 41.1 Å². The van der Waals surface area contributed by atoms with Gasteiger partial charge in [0.25, 0.3) is 10.0 Å². The Morgan fingerprint density at radius 2 is 1.41 bits per heavy atom. The Kier molecular flexibility index (Phi) is 9.71. The molecule has 2 aliphatic rings. The minimum absolute atomic E-state index is 0.0118. The Labute approximate surface area is 259 Å². The van der Waals surface area contributed by atoms with E-state index in [-0.39, 0.29) is 23.7 Å². The van der Waals surface area contributed by atoms with Crippen LogP contribution >= 0.6 is 0 Å². The highest BCUT2D eigenvalue weighted by Gasteiger charge is 2.34. The first-order valence-electron chi connectivity index (χ1n) is 15.1. The summed E-state index contributed by atoms with van der Waals surface area (Å²) in [5, 5.41) is 9.53. The smallest absolute Gasteiger partial charge is 0.261 e. The van der Waals surface area contributed by atoms with Crippen LogP contribution in [0.4, 0.5) is 5.69 Å². The zero-order valence-electron chi connectivity index (χ0n) is 24.7. The van der Waals surface area contributed by atoms with Crippen molar-refractivity contribution in [3.63, 3.8) is 0 Å². The third-order valence-corrected chi connectivity index (χ3v) is 9.65. The minimum atomic E-state index is -3.74. The molecule has 3 atom stereocenters. The molecule has 2 saturated heterocycles. The summed E-state index contributed by atoms with van der Waals surface area (Å²) in [6, 6.07) is 34.0. The second-order valence-corrected chi connectivity index (χ2v) is 13.1. The number of nitrogens with zero attached hydrogens (tertiary/aromatic N) is 2. The molecule has 2 aliphatic heterocycles. The molecule has 4 aromatic carbocycles. The Bertz CT molecular complexity index is 1590. The van der Waals surface area contributed by atoms with Crippen LogP contribution in [-0.4, -0.2) is 62.2 Å². The summed E-state index contributed by atoms with van der Waals surface area (Å²) in [4.78, 5) is 5.16. The van der Waals surface area contributed by atoms with E-state index in [4.69, 9.17) is 9.47 Å². The van der Waals surface area contributed by atoms with Crippen LogP contribution in [0.5, 0.6) is 0 Å². The van der Waals surface area contributed by atoms with E-state index < -0.39 is 16.3 Å². The van der Waals surface area contributed by atoms with E-state index in [1.54, 1.807) is 42.5 Å². The van der Waals surface area contributed by atoms with E-state index in [0.717, 1.165) is 56.0 Å². The van der Waals surface area contributed by atoms with Gasteiger partial charge >= 0.3 is 0 Å². The molecule has 0 spiro atoms. The Hall–Kier alpha value is -3.57. The number of hydrogen-bond donors (Lipinski definition) is 2. The van der Waals surface area contributed by atoms with E-state index >= 15 is 0 Å². The van der Waals surface area contributed by atoms with Crippen LogP contribution in [0, 0.1) is 0 Å². The monoisotopic (exact) mass is 613 g/mol. The summed E-state index contributed by atoms with van der Waals surface area (Å²) in [6.07, 6.45) is -0.270. The fourth-order valence-electron chi connectivity index (χ4n) is 5.86. The summed E-state index contributed by atoms with van der Waals surface area (Å²) < 4.78 is 41.7. The molecular weight excluding hydrogens is 574 g/mol. The largest absolute Gasteiger partial charge is 0.392 e. The third kappa shape index (κ3) is 7.74. The average molecular weight is 614 g/mol. The fraction of sp³-hybridized carbons (Fsp3) is 0.314. The predicted molar refractivity (Wildman–Crippen MR) is 170 cm³/mol. The first-order chi connectivity index (χ1) is 21.4. The molecule has 0 aromatic heterocycles. The lowest BCUT2D eigenvalue weighted by molar-refractivity contribution is -0.253. The standard InChI is InChI=1S/C35H39N3O5S/c39-26-28-14-16-29(17-15-28)34-23-32(25-38-20-18-37(19-21-38)24-27-8-3-1-4-9-27)42-35(43-34)30-10-7-11-31(22-30)36-44(40,41)33-12-5-2-6-13-33/h1-17,22,32,34-36,39H,18-21,23-26H2. The summed E-state index contributed by atoms with van der Waals surface area (Å²) >= 11 is 0. The van der Waals surface area contributed by atoms with Crippen molar-refractivity contribution in [3.05, 3.63) is 131 Å². The fourth-order valence-corrected chi connectivity index (χ4v) is 6.93. The molecule has 44 heavy (non-hydrogen) atoms. The van der Waals surface area contributed by atoms with Crippen molar-refractivity contribution in [3.8, 4) is 0 Å². The summed E-state index contributed by atoms with van der Waals surface area (Å²) in [6.45, 7) is 5.65. The number of benzene rings is 4. The van der Waals surface area contributed by atoms with Crippen molar-refractivity contribution >= 4 is 15.7 Å². The Morgan fingerprint density at radius 3 is 2.11 bits per heavy atom. The van der Waals surface area contributed by atoms with Crippen molar-refractivity contribution < 1.29 is 23.0 Å². The maximum absolute atomic E-state index is 13.0. The third-order valence-electron chi connectivity index (χ3n) is 8.26. The average Bonchev–Trinajstić information content (AvgIpc) is 3.06. The number of anilines is 1. The second kappa shape index (κ2) is 14.0.